The Morgan fingerprint density at radius 1 is 1.29 bits per heavy atom. The number of hydrazine groups is 1. The molecule has 0 saturated heterocycles. The molecule has 6 heteroatoms. The third kappa shape index (κ3) is 5.53. The number of likely N-dealkylation sites (N-methyl/N-ethyl adjacent to an activating group) is 1. The molecule has 0 aromatic heterocycles. The molecule has 2 amide bonds. The van der Waals surface area contributed by atoms with Gasteiger partial charge in [-0.2, -0.15) is 5.01 Å². The minimum Gasteiger partial charge on any atom is -0.442 e. The highest BCUT2D eigenvalue weighted by molar-refractivity contribution is 5.94. The van der Waals surface area contributed by atoms with Crippen LogP contribution in [0.3, 0.4) is 0 Å². The average Bonchev–Trinajstić information content (AvgIpc) is 2.42. The molecule has 0 unspecified atom stereocenters. The molecule has 21 heavy (non-hydrogen) atoms. The quantitative estimate of drug-likeness (QED) is 0.499. The van der Waals surface area contributed by atoms with Crippen LogP contribution in [0.2, 0.25) is 0 Å². The fourth-order valence-corrected chi connectivity index (χ4v) is 1.73. The lowest BCUT2D eigenvalue weighted by atomic mass is 10.1. The van der Waals surface area contributed by atoms with Crippen molar-refractivity contribution in [3.8, 4) is 0 Å². The van der Waals surface area contributed by atoms with Crippen molar-refractivity contribution in [3.05, 3.63) is 35.9 Å². The summed E-state index contributed by atoms with van der Waals surface area (Å²) in [6, 6.07) is 8.90. The van der Waals surface area contributed by atoms with Gasteiger partial charge in [-0.1, -0.05) is 30.3 Å². The van der Waals surface area contributed by atoms with Gasteiger partial charge in [-0.25, -0.2) is 10.6 Å². The van der Waals surface area contributed by atoms with Crippen molar-refractivity contribution in [2.75, 3.05) is 7.05 Å². The van der Waals surface area contributed by atoms with Crippen molar-refractivity contribution in [3.63, 3.8) is 0 Å². The Labute approximate surface area is 125 Å². The zero-order valence-corrected chi connectivity index (χ0v) is 12.9. The summed E-state index contributed by atoms with van der Waals surface area (Å²) in [6.45, 7) is 5.13. The van der Waals surface area contributed by atoms with Crippen LogP contribution in [0.25, 0.3) is 0 Å². The largest absolute Gasteiger partial charge is 0.442 e. The van der Waals surface area contributed by atoms with E-state index >= 15 is 0 Å². The number of benzene rings is 1. The first-order chi connectivity index (χ1) is 9.74. The van der Waals surface area contributed by atoms with E-state index in [1.807, 2.05) is 30.3 Å². The summed E-state index contributed by atoms with van der Waals surface area (Å²) in [5.74, 6) is 5.04. The van der Waals surface area contributed by atoms with Crippen LogP contribution in [0, 0.1) is 0 Å². The molecule has 0 aliphatic rings. The van der Waals surface area contributed by atoms with Crippen molar-refractivity contribution in [1.82, 2.24) is 10.3 Å². The molecule has 0 aliphatic heterocycles. The molecule has 1 aromatic rings. The van der Waals surface area contributed by atoms with Crippen molar-refractivity contribution in [2.45, 2.75) is 38.8 Å². The maximum absolute atomic E-state index is 12.2. The molecule has 0 aliphatic carbocycles. The van der Waals surface area contributed by atoms with Crippen LogP contribution in [0.1, 0.15) is 26.3 Å². The number of hydrogen-bond donors (Lipinski definition) is 2. The molecular formula is C15H23N3O3. The van der Waals surface area contributed by atoms with Crippen LogP contribution in [0.15, 0.2) is 30.3 Å². The molecule has 0 bridgehead atoms. The summed E-state index contributed by atoms with van der Waals surface area (Å²) in [6.07, 6.45) is -0.423. The van der Waals surface area contributed by atoms with Gasteiger partial charge in [0.15, 0.2) is 0 Å². The second-order valence-electron chi connectivity index (χ2n) is 5.72. The van der Waals surface area contributed by atoms with E-state index in [1.165, 1.54) is 0 Å². The Morgan fingerprint density at radius 2 is 1.86 bits per heavy atom. The first-order valence-electron chi connectivity index (χ1n) is 6.77. The van der Waals surface area contributed by atoms with Crippen LogP contribution in [-0.2, 0) is 16.0 Å². The first kappa shape index (κ1) is 17.1. The number of carbonyl (C=O) groups excluding carboxylic acids is 2. The molecule has 3 N–H and O–H groups in total. The second-order valence-corrected chi connectivity index (χ2v) is 5.72. The monoisotopic (exact) mass is 293 g/mol. The van der Waals surface area contributed by atoms with Crippen LogP contribution in [0.4, 0.5) is 4.79 Å². The Balaban J connectivity index is 2.72. The van der Waals surface area contributed by atoms with Gasteiger partial charge in [-0.05, 0) is 39.8 Å². The normalized spacial score (nSPS) is 12.6. The average molecular weight is 293 g/mol. The summed E-state index contributed by atoms with van der Waals surface area (Å²) in [5, 5.41) is 3.39. The van der Waals surface area contributed by atoms with Crippen LogP contribution in [-0.4, -0.2) is 35.7 Å². The molecule has 0 heterocycles. The Kier molecular flexibility index (Phi) is 5.87. The summed E-state index contributed by atoms with van der Waals surface area (Å²) < 4.78 is 5.08. The van der Waals surface area contributed by atoms with Gasteiger partial charge in [0, 0.05) is 0 Å². The summed E-state index contributed by atoms with van der Waals surface area (Å²) in [7, 11) is 1.65. The first-order valence-corrected chi connectivity index (χ1v) is 6.77. The van der Waals surface area contributed by atoms with Gasteiger partial charge in [0.2, 0.25) is 0 Å². The van der Waals surface area contributed by atoms with Crippen LogP contribution in [0.5, 0.6) is 0 Å². The van der Waals surface area contributed by atoms with E-state index in [9.17, 15) is 9.59 Å². The summed E-state index contributed by atoms with van der Waals surface area (Å²) in [4.78, 5) is 24.0. The van der Waals surface area contributed by atoms with Gasteiger partial charge in [0.1, 0.15) is 5.60 Å². The maximum Gasteiger partial charge on any atom is 0.431 e. The molecular weight excluding hydrogens is 270 g/mol. The minimum atomic E-state index is -0.860. The lowest BCUT2D eigenvalue weighted by Crippen LogP contribution is -2.53. The molecule has 1 aromatic carbocycles. The topological polar surface area (TPSA) is 84.7 Å². The van der Waals surface area contributed by atoms with Crippen molar-refractivity contribution in [2.24, 2.45) is 5.84 Å². The summed E-state index contributed by atoms with van der Waals surface area (Å²) in [5.41, 5.74) is 0.270. The highest BCUT2D eigenvalue weighted by atomic mass is 16.6. The fraction of sp³-hybridized carbons (Fsp3) is 0.467. The van der Waals surface area contributed by atoms with Gasteiger partial charge < -0.3 is 10.1 Å². The molecule has 0 spiro atoms. The Hall–Kier alpha value is -1.92. The minimum absolute atomic E-state index is 0.437. The number of amides is 2. The van der Waals surface area contributed by atoms with E-state index in [1.54, 1.807) is 27.8 Å². The highest BCUT2D eigenvalue weighted by Gasteiger charge is 2.29. The van der Waals surface area contributed by atoms with E-state index in [-0.39, 0.29) is 0 Å². The molecule has 1 rings (SSSR count). The number of nitrogens with one attached hydrogen (secondary N) is 1. The molecule has 1 atom stereocenters. The Morgan fingerprint density at radius 3 is 2.33 bits per heavy atom. The number of rotatable bonds is 4. The van der Waals surface area contributed by atoms with Gasteiger partial charge in [-0.15, -0.1) is 0 Å². The second kappa shape index (κ2) is 7.19. The lowest BCUT2D eigenvalue weighted by Gasteiger charge is -2.25. The number of carbonyl (C=O) groups is 2. The van der Waals surface area contributed by atoms with Crippen molar-refractivity contribution >= 4 is 12.0 Å². The number of imide groups is 1. The van der Waals surface area contributed by atoms with E-state index in [4.69, 9.17) is 10.6 Å². The third-order valence-corrected chi connectivity index (χ3v) is 2.76. The predicted molar refractivity (Wildman–Crippen MR) is 80.3 cm³/mol. The van der Waals surface area contributed by atoms with Gasteiger partial charge in [0.25, 0.3) is 5.91 Å². The molecule has 6 nitrogen and oxygen atoms in total. The van der Waals surface area contributed by atoms with Crippen molar-refractivity contribution < 1.29 is 14.3 Å². The lowest BCUT2D eigenvalue weighted by molar-refractivity contribution is -0.132. The van der Waals surface area contributed by atoms with E-state index in [2.05, 4.69) is 5.32 Å². The summed E-state index contributed by atoms with van der Waals surface area (Å²) >= 11 is 0. The number of nitrogens with zero attached hydrogens (tertiary/aromatic N) is 1. The zero-order valence-electron chi connectivity index (χ0n) is 12.9. The zero-order chi connectivity index (χ0) is 16.0. The van der Waals surface area contributed by atoms with Gasteiger partial charge in [-0.3, -0.25) is 4.79 Å². The maximum atomic E-state index is 12.2. The number of hydrogen-bond acceptors (Lipinski definition) is 5. The molecule has 116 valence electrons. The van der Waals surface area contributed by atoms with Gasteiger partial charge in [0.05, 0.1) is 6.04 Å². The molecule has 0 radical (unpaired) electrons. The third-order valence-electron chi connectivity index (χ3n) is 2.76. The van der Waals surface area contributed by atoms with Gasteiger partial charge >= 0.3 is 6.09 Å². The van der Waals surface area contributed by atoms with E-state index < -0.39 is 23.6 Å². The SMILES string of the molecule is CN[C@H](Cc1ccccc1)C(=O)N(N)C(=O)OC(C)(C)C. The fourth-order valence-electron chi connectivity index (χ4n) is 1.73. The van der Waals surface area contributed by atoms with Crippen LogP contribution < -0.4 is 11.2 Å². The number of nitrogens with two attached hydrogens (primary N) is 1. The number of ether oxygens (including phenoxy) is 1. The molecule has 0 saturated carbocycles. The van der Waals surface area contributed by atoms with Crippen LogP contribution >= 0.6 is 0 Å². The van der Waals surface area contributed by atoms with E-state index in [0.29, 0.717) is 11.4 Å². The van der Waals surface area contributed by atoms with Crippen molar-refractivity contribution in [1.29, 1.82) is 0 Å². The smallest absolute Gasteiger partial charge is 0.431 e. The predicted octanol–water partition coefficient (Wildman–Crippen LogP) is 1.45. The highest BCUT2D eigenvalue weighted by Crippen LogP contribution is 2.10. The molecule has 0 fully saturated rings. The standard InChI is InChI=1S/C15H23N3O3/c1-15(2,3)21-14(20)18(16)13(19)12(17-4)10-11-8-6-5-7-9-11/h5-9,12,17H,10,16H2,1-4H3/t12-/m1/s1. The van der Waals surface area contributed by atoms with E-state index in [0.717, 1.165) is 5.56 Å². The Bertz CT molecular complexity index is 483.